The van der Waals surface area contributed by atoms with Crippen LogP contribution in [0, 0.1) is 11.3 Å². The maximum atomic E-state index is 13.4. The summed E-state index contributed by atoms with van der Waals surface area (Å²) in [5.41, 5.74) is 0.813. The van der Waals surface area contributed by atoms with Crippen molar-refractivity contribution in [1.29, 1.82) is 5.41 Å². The van der Waals surface area contributed by atoms with E-state index in [1.54, 1.807) is 0 Å². The number of hydrogen-bond donors (Lipinski definition) is 2. The number of ketones is 1. The lowest BCUT2D eigenvalue weighted by molar-refractivity contribution is -0.124. The number of hydrogen-bond acceptors (Lipinski definition) is 3. The molecule has 2 aromatic carbocycles. The van der Waals surface area contributed by atoms with E-state index in [2.05, 4.69) is 5.32 Å². The summed E-state index contributed by atoms with van der Waals surface area (Å²) in [5, 5.41) is 11.6. The molecule has 24 heavy (non-hydrogen) atoms. The van der Waals surface area contributed by atoms with Crippen LogP contribution in [0.25, 0.3) is 0 Å². The number of nitrogens with zero attached hydrogens (tertiary/aromatic N) is 1. The van der Waals surface area contributed by atoms with Crippen LogP contribution in [0.2, 0.25) is 0 Å². The summed E-state index contributed by atoms with van der Waals surface area (Å²) in [7, 11) is 3.97. The average Bonchev–Trinajstić information content (AvgIpc) is 2.86. The minimum atomic E-state index is -0.962. The molecule has 2 N–H and O–H groups in total. The van der Waals surface area contributed by atoms with Gasteiger partial charge in [-0.3, -0.25) is 10.2 Å². The van der Waals surface area contributed by atoms with Gasteiger partial charge in [-0.25, -0.2) is 0 Å². The van der Waals surface area contributed by atoms with Gasteiger partial charge in [0.05, 0.1) is 5.92 Å². The van der Waals surface area contributed by atoms with Gasteiger partial charge in [0.1, 0.15) is 11.4 Å². The molecule has 3 rings (SSSR count). The molecule has 1 fully saturated rings. The van der Waals surface area contributed by atoms with Crippen LogP contribution in [0.3, 0.4) is 0 Å². The zero-order valence-corrected chi connectivity index (χ0v) is 14.1. The molecule has 4 heteroatoms. The van der Waals surface area contributed by atoms with Gasteiger partial charge in [-0.1, -0.05) is 60.7 Å². The Balaban J connectivity index is 2.07. The van der Waals surface area contributed by atoms with Crippen molar-refractivity contribution in [3.63, 3.8) is 0 Å². The molecule has 0 spiro atoms. The van der Waals surface area contributed by atoms with Crippen LogP contribution >= 0.6 is 0 Å². The highest BCUT2D eigenvalue weighted by Crippen LogP contribution is 2.38. The molecule has 0 radical (unpaired) electrons. The predicted molar refractivity (Wildman–Crippen MR) is 96.2 cm³/mol. The van der Waals surface area contributed by atoms with Crippen LogP contribution in [-0.2, 0) is 10.3 Å². The van der Waals surface area contributed by atoms with Crippen molar-refractivity contribution in [1.82, 2.24) is 10.2 Å². The number of rotatable bonds is 5. The highest BCUT2D eigenvalue weighted by atomic mass is 16.1. The van der Waals surface area contributed by atoms with Crippen molar-refractivity contribution >= 4 is 11.6 Å². The molecule has 1 unspecified atom stereocenters. The second-order valence-electron chi connectivity index (χ2n) is 6.53. The second-order valence-corrected chi connectivity index (χ2v) is 6.53. The molecular formula is C20H23N3O. The molecule has 124 valence electrons. The molecule has 1 heterocycles. The molecule has 1 saturated heterocycles. The predicted octanol–water partition coefficient (Wildman–Crippen LogP) is 2.65. The van der Waals surface area contributed by atoms with Gasteiger partial charge in [0, 0.05) is 0 Å². The molecule has 1 atom stereocenters. The van der Waals surface area contributed by atoms with Gasteiger partial charge in [0.15, 0.2) is 5.78 Å². The largest absolute Gasteiger partial charge is 0.354 e. The lowest BCUT2D eigenvalue weighted by Crippen LogP contribution is -2.44. The summed E-state index contributed by atoms with van der Waals surface area (Å²) in [6.45, 7) is 0.778. The lowest BCUT2D eigenvalue weighted by Gasteiger charge is -2.29. The standard InChI is InChI=1S/C20H23N3O/c1-23(2)14-13-17-18(24)20(22-19(17)21,15-9-5-3-6-10-15)16-11-7-4-8-12-16/h3-12,17H,13-14H2,1-2H3,(H2,21,22). The summed E-state index contributed by atoms with van der Waals surface area (Å²) < 4.78 is 0. The fourth-order valence-corrected chi connectivity index (χ4v) is 3.38. The summed E-state index contributed by atoms with van der Waals surface area (Å²) in [5.74, 6) is -0.0193. The normalized spacial score (nSPS) is 19.5. The van der Waals surface area contributed by atoms with E-state index in [0.717, 1.165) is 17.7 Å². The maximum Gasteiger partial charge on any atom is 0.177 e. The zero-order chi connectivity index (χ0) is 17.2. The molecule has 0 amide bonds. The van der Waals surface area contributed by atoms with Crippen molar-refractivity contribution < 1.29 is 4.79 Å². The molecule has 0 bridgehead atoms. The first-order valence-electron chi connectivity index (χ1n) is 8.22. The van der Waals surface area contributed by atoms with Crippen LogP contribution in [0.15, 0.2) is 60.7 Å². The third kappa shape index (κ3) is 2.74. The fourth-order valence-electron chi connectivity index (χ4n) is 3.38. The Morgan fingerprint density at radius 2 is 1.50 bits per heavy atom. The van der Waals surface area contributed by atoms with Crippen molar-refractivity contribution in [3.8, 4) is 0 Å². The number of amidine groups is 1. The van der Waals surface area contributed by atoms with Gasteiger partial charge >= 0.3 is 0 Å². The Hall–Kier alpha value is -2.46. The minimum Gasteiger partial charge on any atom is -0.354 e. The number of carbonyl (C=O) groups excluding carboxylic acids is 1. The Morgan fingerprint density at radius 1 is 1.00 bits per heavy atom. The van der Waals surface area contributed by atoms with E-state index in [4.69, 9.17) is 5.41 Å². The molecular weight excluding hydrogens is 298 g/mol. The maximum absolute atomic E-state index is 13.4. The quantitative estimate of drug-likeness (QED) is 0.890. The van der Waals surface area contributed by atoms with E-state index >= 15 is 0 Å². The lowest BCUT2D eigenvalue weighted by atomic mass is 9.78. The van der Waals surface area contributed by atoms with Crippen LogP contribution in [0.1, 0.15) is 17.5 Å². The van der Waals surface area contributed by atoms with E-state index in [1.807, 2.05) is 79.7 Å². The number of Topliss-reactive ketones (excluding diaryl/α,β-unsaturated/α-hetero) is 1. The Bertz CT molecular complexity index is 686. The van der Waals surface area contributed by atoms with Gasteiger partial charge in [-0.2, -0.15) is 0 Å². The number of benzene rings is 2. The van der Waals surface area contributed by atoms with Gasteiger partial charge in [0.2, 0.25) is 0 Å². The van der Waals surface area contributed by atoms with Crippen molar-refractivity contribution in [2.75, 3.05) is 20.6 Å². The van der Waals surface area contributed by atoms with E-state index in [9.17, 15) is 4.79 Å². The van der Waals surface area contributed by atoms with Crippen LogP contribution < -0.4 is 5.32 Å². The van der Waals surface area contributed by atoms with E-state index < -0.39 is 11.5 Å². The highest BCUT2D eigenvalue weighted by Gasteiger charge is 2.52. The number of carbonyl (C=O) groups is 1. The van der Waals surface area contributed by atoms with Gasteiger partial charge < -0.3 is 10.2 Å². The molecule has 0 saturated carbocycles. The highest BCUT2D eigenvalue weighted by molar-refractivity contribution is 6.15. The molecule has 1 aliphatic rings. The first kappa shape index (κ1) is 16.4. The third-order valence-corrected chi connectivity index (χ3v) is 4.64. The zero-order valence-electron chi connectivity index (χ0n) is 14.1. The number of nitrogens with one attached hydrogen (secondary N) is 2. The first-order valence-corrected chi connectivity index (χ1v) is 8.22. The summed E-state index contributed by atoms with van der Waals surface area (Å²) in [6.07, 6.45) is 0.652. The SMILES string of the molecule is CN(C)CCC1C(=N)NC(c2ccccc2)(c2ccccc2)C1=O. The van der Waals surface area contributed by atoms with Gasteiger partial charge in [-0.05, 0) is 38.2 Å². The smallest absolute Gasteiger partial charge is 0.177 e. The van der Waals surface area contributed by atoms with Crippen molar-refractivity contribution in [2.45, 2.75) is 12.0 Å². The summed E-state index contributed by atoms with van der Waals surface area (Å²) in [6, 6.07) is 19.5. The average molecular weight is 321 g/mol. The monoisotopic (exact) mass is 321 g/mol. The van der Waals surface area contributed by atoms with Crippen molar-refractivity contribution in [2.24, 2.45) is 5.92 Å². The van der Waals surface area contributed by atoms with Gasteiger partial charge in [-0.15, -0.1) is 0 Å². The molecule has 2 aromatic rings. The first-order chi connectivity index (χ1) is 11.6. The van der Waals surface area contributed by atoms with Crippen LogP contribution in [0.5, 0.6) is 0 Å². The second kappa shape index (κ2) is 6.57. The van der Waals surface area contributed by atoms with Crippen LogP contribution in [-0.4, -0.2) is 37.2 Å². The Kier molecular flexibility index (Phi) is 4.49. The van der Waals surface area contributed by atoms with E-state index in [-0.39, 0.29) is 5.78 Å². The van der Waals surface area contributed by atoms with Gasteiger partial charge in [0.25, 0.3) is 0 Å². The van der Waals surface area contributed by atoms with Crippen LogP contribution in [0.4, 0.5) is 0 Å². The van der Waals surface area contributed by atoms with E-state index in [1.165, 1.54) is 0 Å². The van der Waals surface area contributed by atoms with Crippen molar-refractivity contribution in [3.05, 3.63) is 71.8 Å². The third-order valence-electron chi connectivity index (χ3n) is 4.64. The molecule has 4 nitrogen and oxygen atoms in total. The fraction of sp³-hybridized carbons (Fsp3) is 0.300. The topological polar surface area (TPSA) is 56.2 Å². The Labute approximate surface area is 143 Å². The summed E-state index contributed by atoms with van der Waals surface area (Å²) in [4.78, 5) is 15.5. The summed E-state index contributed by atoms with van der Waals surface area (Å²) >= 11 is 0. The molecule has 0 aliphatic carbocycles. The Morgan fingerprint density at radius 3 is 1.96 bits per heavy atom. The van der Waals surface area contributed by atoms with E-state index in [0.29, 0.717) is 12.3 Å². The molecule has 1 aliphatic heterocycles. The minimum absolute atomic E-state index is 0.0618. The molecule has 0 aromatic heterocycles.